The molecular formula is C20H22O7. The van der Waals surface area contributed by atoms with E-state index in [1.807, 2.05) is 12.1 Å². The van der Waals surface area contributed by atoms with Crippen LogP contribution in [0.15, 0.2) is 48.5 Å². The van der Waals surface area contributed by atoms with Gasteiger partial charge in [0.15, 0.2) is 23.0 Å². The van der Waals surface area contributed by atoms with Gasteiger partial charge in [-0.15, -0.1) is 0 Å². The summed E-state index contributed by atoms with van der Waals surface area (Å²) in [5.74, 6) is 1.29. The second-order valence-corrected chi connectivity index (χ2v) is 5.60. The maximum atomic E-state index is 12.0. The predicted octanol–water partition coefficient (Wildman–Crippen LogP) is 2.83. The molecule has 0 spiro atoms. The molecule has 0 unspecified atom stereocenters. The number of hydrogen-bond donors (Lipinski definition) is 0. The van der Waals surface area contributed by atoms with Crippen LogP contribution >= 0.6 is 0 Å². The highest BCUT2D eigenvalue weighted by Crippen LogP contribution is 2.36. The van der Waals surface area contributed by atoms with E-state index in [1.54, 1.807) is 36.4 Å². The predicted molar refractivity (Wildman–Crippen MR) is 96.5 cm³/mol. The van der Waals surface area contributed by atoms with Gasteiger partial charge in [0.2, 0.25) is 0 Å². The zero-order valence-electron chi connectivity index (χ0n) is 14.9. The molecule has 2 aromatic carbocycles. The fourth-order valence-electron chi connectivity index (χ4n) is 2.35. The van der Waals surface area contributed by atoms with Crippen molar-refractivity contribution in [1.29, 1.82) is 0 Å². The van der Waals surface area contributed by atoms with E-state index < -0.39 is 5.97 Å². The molecule has 0 amide bonds. The van der Waals surface area contributed by atoms with E-state index in [0.29, 0.717) is 62.6 Å². The highest BCUT2D eigenvalue weighted by Gasteiger charge is 2.13. The Bertz CT molecular complexity index is 732. The number of fused-ring (bicyclic) bond motifs is 2. The van der Waals surface area contributed by atoms with Gasteiger partial charge >= 0.3 is 5.97 Å². The number of esters is 1. The van der Waals surface area contributed by atoms with Crippen LogP contribution in [0, 0.1) is 0 Å². The largest absolute Gasteiger partial charge is 0.487 e. The molecule has 0 fully saturated rings. The monoisotopic (exact) mass is 374 g/mol. The van der Waals surface area contributed by atoms with E-state index in [2.05, 4.69) is 0 Å². The molecule has 0 aliphatic carbocycles. The fraction of sp³-hybridized carbons (Fsp3) is 0.350. The number of para-hydroxylation sites is 4. The maximum Gasteiger partial charge on any atom is 0.337 e. The number of rotatable bonds is 0. The third-order valence-electron chi connectivity index (χ3n) is 3.59. The van der Waals surface area contributed by atoms with Gasteiger partial charge in [-0.1, -0.05) is 24.3 Å². The molecule has 0 saturated heterocycles. The SMILES string of the molecule is O=C1COCCOCCOCCOc2ccccc2Oc2ccccc2O1. The average molecular weight is 374 g/mol. The molecule has 144 valence electrons. The van der Waals surface area contributed by atoms with Gasteiger partial charge < -0.3 is 28.4 Å². The van der Waals surface area contributed by atoms with E-state index in [9.17, 15) is 4.79 Å². The number of carbonyl (C=O) groups is 1. The van der Waals surface area contributed by atoms with Crippen LogP contribution in [0.5, 0.6) is 23.0 Å². The molecule has 7 nitrogen and oxygen atoms in total. The Balaban J connectivity index is 1.76. The van der Waals surface area contributed by atoms with Crippen molar-refractivity contribution in [2.24, 2.45) is 0 Å². The lowest BCUT2D eigenvalue weighted by Crippen LogP contribution is -2.18. The second kappa shape index (κ2) is 10.5. The number of ether oxygens (including phenoxy) is 6. The van der Waals surface area contributed by atoms with E-state index in [4.69, 9.17) is 28.4 Å². The van der Waals surface area contributed by atoms with Gasteiger partial charge in [0.25, 0.3) is 0 Å². The van der Waals surface area contributed by atoms with Crippen molar-refractivity contribution in [3.8, 4) is 23.0 Å². The third-order valence-corrected chi connectivity index (χ3v) is 3.59. The minimum absolute atomic E-state index is 0.173. The van der Waals surface area contributed by atoms with Crippen molar-refractivity contribution in [2.75, 3.05) is 46.2 Å². The first-order valence-corrected chi connectivity index (χ1v) is 8.75. The first-order valence-electron chi connectivity index (χ1n) is 8.75. The summed E-state index contributed by atoms with van der Waals surface area (Å²) in [5.41, 5.74) is 0. The van der Waals surface area contributed by atoms with Crippen LogP contribution in [0.4, 0.5) is 0 Å². The van der Waals surface area contributed by atoms with Crippen molar-refractivity contribution in [1.82, 2.24) is 0 Å². The lowest BCUT2D eigenvalue weighted by molar-refractivity contribution is -0.140. The van der Waals surface area contributed by atoms with Crippen molar-refractivity contribution in [2.45, 2.75) is 0 Å². The first-order chi connectivity index (χ1) is 13.3. The quantitative estimate of drug-likeness (QED) is 0.519. The first kappa shape index (κ1) is 19.2. The van der Waals surface area contributed by atoms with Gasteiger partial charge in [0.05, 0.1) is 33.0 Å². The zero-order valence-corrected chi connectivity index (χ0v) is 14.9. The van der Waals surface area contributed by atoms with Gasteiger partial charge in [-0.05, 0) is 24.3 Å². The van der Waals surface area contributed by atoms with Gasteiger partial charge in [-0.3, -0.25) is 0 Å². The molecule has 0 radical (unpaired) electrons. The third kappa shape index (κ3) is 6.25. The topological polar surface area (TPSA) is 72.5 Å². The molecule has 1 aliphatic heterocycles. The van der Waals surface area contributed by atoms with Crippen LogP contribution in [0.1, 0.15) is 0 Å². The Labute approximate surface area is 157 Å². The van der Waals surface area contributed by atoms with E-state index >= 15 is 0 Å². The molecule has 0 saturated carbocycles. The lowest BCUT2D eigenvalue weighted by atomic mass is 10.3. The summed E-state index contributed by atoms with van der Waals surface area (Å²) in [7, 11) is 0. The van der Waals surface area contributed by atoms with Gasteiger partial charge in [0, 0.05) is 0 Å². The van der Waals surface area contributed by atoms with Gasteiger partial charge in [-0.2, -0.15) is 0 Å². The Kier molecular flexibility index (Phi) is 7.46. The molecule has 27 heavy (non-hydrogen) atoms. The fourth-order valence-corrected chi connectivity index (χ4v) is 2.35. The van der Waals surface area contributed by atoms with Crippen LogP contribution in [0.25, 0.3) is 0 Å². The summed E-state index contributed by atoms with van der Waals surface area (Å²) in [6.45, 7) is 2.21. The highest BCUT2D eigenvalue weighted by atomic mass is 16.6. The summed E-state index contributed by atoms with van der Waals surface area (Å²) in [6.07, 6.45) is 0. The van der Waals surface area contributed by atoms with Gasteiger partial charge in [0.1, 0.15) is 13.2 Å². The van der Waals surface area contributed by atoms with Crippen LogP contribution in [-0.4, -0.2) is 52.2 Å². The van der Waals surface area contributed by atoms with E-state index in [0.717, 1.165) is 0 Å². The van der Waals surface area contributed by atoms with Crippen LogP contribution in [-0.2, 0) is 19.0 Å². The van der Waals surface area contributed by atoms with Crippen LogP contribution < -0.4 is 14.2 Å². The normalized spacial score (nSPS) is 17.1. The van der Waals surface area contributed by atoms with Crippen molar-refractivity contribution in [3.05, 3.63) is 48.5 Å². The molecule has 2 aromatic rings. The molecule has 0 N–H and O–H groups in total. The molecular weight excluding hydrogens is 352 g/mol. The smallest absolute Gasteiger partial charge is 0.337 e. The molecule has 0 atom stereocenters. The Morgan fingerprint density at radius 1 is 0.556 bits per heavy atom. The van der Waals surface area contributed by atoms with Crippen molar-refractivity contribution >= 4 is 5.97 Å². The van der Waals surface area contributed by atoms with Crippen molar-refractivity contribution in [3.63, 3.8) is 0 Å². The molecule has 0 aromatic heterocycles. The Hall–Kier alpha value is -2.61. The molecule has 1 aliphatic rings. The zero-order chi connectivity index (χ0) is 18.7. The van der Waals surface area contributed by atoms with Crippen LogP contribution in [0.2, 0.25) is 0 Å². The summed E-state index contributed by atoms with van der Waals surface area (Å²) in [4.78, 5) is 12.0. The minimum Gasteiger partial charge on any atom is -0.487 e. The summed E-state index contributed by atoms with van der Waals surface area (Å²) in [6, 6.07) is 14.2. The van der Waals surface area contributed by atoms with E-state index in [-0.39, 0.29) is 6.61 Å². The molecule has 3 rings (SSSR count). The van der Waals surface area contributed by atoms with Crippen molar-refractivity contribution < 1.29 is 33.2 Å². The number of carbonyl (C=O) groups excluding carboxylic acids is 1. The molecule has 1 heterocycles. The number of hydrogen-bond acceptors (Lipinski definition) is 7. The standard InChI is InChI=1S/C20H22O7/c21-20-15-24-12-11-22-9-10-23-13-14-25-16-5-1-2-6-17(16)26-18-7-3-4-8-19(18)27-20/h1-8H,9-15H2. The average Bonchev–Trinajstić information content (AvgIpc) is 2.68. The van der Waals surface area contributed by atoms with E-state index in [1.165, 1.54) is 0 Å². The lowest BCUT2D eigenvalue weighted by Gasteiger charge is -2.15. The number of benzene rings is 2. The highest BCUT2D eigenvalue weighted by molar-refractivity contribution is 5.74. The molecule has 0 bridgehead atoms. The summed E-state index contributed by atoms with van der Waals surface area (Å²) in [5, 5.41) is 0. The summed E-state index contributed by atoms with van der Waals surface area (Å²) >= 11 is 0. The van der Waals surface area contributed by atoms with Crippen LogP contribution in [0.3, 0.4) is 0 Å². The molecule has 7 heteroatoms. The maximum absolute atomic E-state index is 12.0. The Morgan fingerprint density at radius 3 is 1.70 bits per heavy atom. The summed E-state index contributed by atoms with van der Waals surface area (Å²) < 4.78 is 33.1. The minimum atomic E-state index is -0.514. The van der Waals surface area contributed by atoms with Gasteiger partial charge in [-0.25, -0.2) is 4.79 Å². The second-order valence-electron chi connectivity index (χ2n) is 5.60. The Morgan fingerprint density at radius 2 is 1.04 bits per heavy atom.